The van der Waals surface area contributed by atoms with Crippen LogP contribution in [0.5, 0.6) is 0 Å². The first kappa shape index (κ1) is 21.2. The Morgan fingerprint density at radius 1 is 1.21 bits per heavy atom. The van der Waals surface area contributed by atoms with Gasteiger partial charge in [-0.2, -0.15) is 0 Å². The van der Waals surface area contributed by atoms with Gasteiger partial charge < -0.3 is 20.3 Å². The first-order chi connectivity index (χ1) is 13.2. The van der Waals surface area contributed by atoms with Crippen molar-refractivity contribution in [2.24, 2.45) is 0 Å². The molecule has 0 spiro atoms. The summed E-state index contributed by atoms with van der Waals surface area (Å²) in [5.74, 6) is -0.140. The molecule has 0 bridgehead atoms. The minimum Gasteiger partial charge on any atom is -0.394 e. The number of ether oxygens (including phenoxy) is 1. The Morgan fingerprint density at radius 2 is 2.00 bits per heavy atom. The first-order valence-electron chi connectivity index (χ1n) is 9.24. The van der Waals surface area contributed by atoms with Crippen LogP contribution in [0.15, 0.2) is 41.8 Å². The second-order valence-corrected chi connectivity index (χ2v) is 8.00. The van der Waals surface area contributed by atoms with E-state index in [4.69, 9.17) is 4.74 Å². The number of halogens is 1. The SMILES string of the molecule is Cl.O=C(NC[C@H]1O[C@@H](CO)[C@@H](O)[C@H]1N1CCc2ccccc2C1)c1cccs1. The quantitative estimate of drug-likeness (QED) is 0.676. The third-order valence-corrected chi connectivity index (χ3v) is 6.30. The Hall–Kier alpha value is -1.48. The maximum absolute atomic E-state index is 12.3. The fourth-order valence-corrected chi connectivity index (χ4v) is 4.70. The maximum Gasteiger partial charge on any atom is 0.261 e. The molecule has 4 atom stereocenters. The van der Waals surface area contributed by atoms with Gasteiger partial charge in [0.25, 0.3) is 5.91 Å². The van der Waals surface area contributed by atoms with Gasteiger partial charge >= 0.3 is 0 Å². The van der Waals surface area contributed by atoms with Crippen molar-refractivity contribution in [3.05, 3.63) is 57.8 Å². The van der Waals surface area contributed by atoms with Gasteiger partial charge in [-0.3, -0.25) is 9.69 Å². The molecule has 2 aromatic rings. The number of rotatable bonds is 5. The number of aliphatic hydroxyl groups excluding tert-OH is 2. The van der Waals surface area contributed by atoms with Crippen LogP contribution in [0, 0.1) is 0 Å². The molecule has 3 N–H and O–H groups in total. The Kier molecular flexibility index (Phi) is 7.09. The van der Waals surface area contributed by atoms with Crippen LogP contribution < -0.4 is 5.32 Å². The van der Waals surface area contributed by atoms with E-state index < -0.39 is 12.2 Å². The standard InChI is InChI=1S/C20H24N2O4S.ClH/c23-12-16-19(24)18(22-8-7-13-4-1-2-5-14(13)11-22)15(26-16)10-21-20(25)17-6-3-9-27-17;/h1-6,9,15-16,18-19,23-24H,7-8,10-12H2,(H,21,25);1H/t15-,16+,18+,19-;/m1./s1. The number of aliphatic hydroxyl groups is 2. The highest BCUT2D eigenvalue weighted by atomic mass is 35.5. The number of carbonyl (C=O) groups is 1. The van der Waals surface area contributed by atoms with Gasteiger partial charge in [0.1, 0.15) is 12.2 Å². The number of hydrogen-bond donors (Lipinski definition) is 3. The number of nitrogens with zero attached hydrogens (tertiary/aromatic N) is 1. The lowest BCUT2D eigenvalue weighted by Gasteiger charge is -2.37. The number of thiophene rings is 1. The van der Waals surface area contributed by atoms with Gasteiger partial charge in [0.2, 0.25) is 0 Å². The van der Waals surface area contributed by atoms with Crippen molar-refractivity contribution in [2.75, 3.05) is 19.7 Å². The van der Waals surface area contributed by atoms with Crippen molar-refractivity contribution in [2.45, 2.75) is 37.3 Å². The number of fused-ring (bicyclic) bond motifs is 1. The lowest BCUT2D eigenvalue weighted by molar-refractivity contribution is -0.0209. The Labute approximate surface area is 174 Å². The largest absolute Gasteiger partial charge is 0.394 e. The van der Waals surface area contributed by atoms with Crippen LogP contribution in [0.1, 0.15) is 20.8 Å². The van der Waals surface area contributed by atoms with Gasteiger partial charge in [-0.15, -0.1) is 23.7 Å². The summed E-state index contributed by atoms with van der Waals surface area (Å²) in [5.41, 5.74) is 2.59. The van der Waals surface area contributed by atoms with Crippen LogP contribution in [0.2, 0.25) is 0 Å². The Balaban J connectivity index is 0.00000225. The average Bonchev–Trinajstić information content (AvgIpc) is 3.34. The molecule has 0 aliphatic carbocycles. The summed E-state index contributed by atoms with van der Waals surface area (Å²) >= 11 is 1.39. The molecule has 1 aromatic heterocycles. The zero-order valence-corrected chi connectivity index (χ0v) is 17.0. The van der Waals surface area contributed by atoms with Gasteiger partial charge in [-0.25, -0.2) is 0 Å². The fraction of sp³-hybridized carbons (Fsp3) is 0.450. The van der Waals surface area contributed by atoms with Crippen LogP contribution in [0.4, 0.5) is 0 Å². The summed E-state index contributed by atoms with van der Waals surface area (Å²) in [6, 6.07) is 11.7. The van der Waals surface area contributed by atoms with Crippen molar-refractivity contribution < 1.29 is 19.7 Å². The second-order valence-electron chi connectivity index (χ2n) is 7.05. The van der Waals surface area contributed by atoms with E-state index in [1.807, 2.05) is 23.6 Å². The molecule has 28 heavy (non-hydrogen) atoms. The molecule has 2 aliphatic rings. The molecule has 8 heteroatoms. The van der Waals surface area contributed by atoms with E-state index in [1.54, 1.807) is 6.07 Å². The van der Waals surface area contributed by atoms with Crippen LogP contribution in [-0.2, 0) is 17.7 Å². The summed E-state index contributed by atoms with van der Waals surface area (Å²) in [5, 5.41) is 25.1. The molecule has 1 fully saturated rings. The lowest BCUT2D eigenvalue weighted by atomic mass is 9.95. The Bertz CT molecular complexity index is 788. The lowest BCUT2D eigenvalue weighted by Crippen LogP contribution is -2.52. The number of nitrogens with one attached hydrogen (secondary N) is 1. The van der Waals surface area contributed by atoms with Crippen molar-refractivity contribution in [3.8, 4) is 0 Å². The number of carbonyl (C=O) groups excluding carboxylic acids is 1. The third-order valence-electron chi connectivity index (χ3n) is 5.43. The maximum atomic E-state index is 12.3. The smallest absolute Gasteiger partial charge is 0.261 e. The van der Waals surface area contributed by atoms with Crippen LogP contribution in [-0.4, -0.2) is 65.1 Å². The van der Waals surface area contributed by atoms with Gasteiger partial charge in [-0.05, 0) is 29.0 Å². The second kappa shape index (κ2) is 9.35. The number of hydrogen-bond acceptors (Lipinski definition) is 6. The zero-order chi connectivity index (χ0) is 18.8. The highest BCUT2D eigenvalue weighted by Gasteiger charge is 2.46. The molecule has 1 saturated heterocycles. The van der Waals surface area contributed by atoms with E-state index in [2.05, 4.69) is 22.3 Å². The predicted octanol–water partition coefficient (Wildman–Crippen LogP) is 1.45. The van der Waals surface area contributed by atoms with Crippen molar-refractivity contribution in [1.82, 2.24) is 10.2 Å². The highest BCUT2D eigenvalue weighted by Crippen LogP contribution is 2.30. The topological polar surface area (TPSA) is 82.0 Å². The predicted molar refractivity (Wildman–Crippen MR) is 110 cm³/mol. The monoisotopic (exact) mass is 424 g/mol. The van der Waals surface area contributed by atoms with E-state index in [-0.39, 0.29) is 37.1 Å². The number of benzene rings is 1. The summed E-state index contributed by atoms with van der Waals surface area (Å²) < 4.78 is 5.89. The van der Waals surface area contributed by atoms with Crippen molar-refractivity contribution in [3.63, 3.8) is 0 Å². The third kappa shape index (κ3) is 4.25. The van der Waals surface area contributed by atoms with E-state index in [1.165, 1.54) is 22.5 Å². The van der Waals surface area contributed by atoms with Crippen LogP contribution >= 0.6 is 23.7 Å². The van der Waals surface area contributed by atoms with Gasteiger partial charge in [0, 0.05) is 19.6 Å². The van der Waals surface area contributed by atoms with Crippen LogP contribution in [0.3, 0.4) is 0 Å². The molecule has 2 aliphatic heterocycles. The van der Waals surface area contributed by atoms with E-state index in [0.717, 1.165) is 19.5 Å². The zero-order valence-electron chi connectivity index (χ0n) is 15.4. The Morgan fingerprint density at radius 3 is 2.71 bits per heavy atom. The normalized spacial score (nSPS) is 27.1. The molecule has 4 rings (SSSR count). The van der Waals surface area contributed by atoms with E-state index in [9.17, 15) is 15.0 Å². The molecule has 6 nitrogen and oxygen atoms in total. The van der Waals surface area contributed by atoms with Gasteiger partial charge in [0.05, 0.1) is 23.6 Å². The molecule has 0 saturated carbocycles. The molecule has 1 amide bonds. The summed E-state index contributed by atoms with van der Waals surface area (Å²) in [7, 11) is 0. The number of amides is 1. The molecule has 0 unspecified atom stereocenters. The fourth-order valence-electron chi connectivity index (χ4n) is 4.06. The minimum atomic E-state index is -0.788. The molecule has 152 valence electrons. The van der Waals surface area contributed by atoms with E-state index in [0.29, 0.717) is 11.4 Å². The van der Waals surface area contributed by atoms with E-state index >= 15 is 0 Å². The van der Waals surface area contributed by atoms with Crippen LogP contribution in [0.25, 0.3) is 0 Å². The highest BCUT2D eigenvalue weighted by molar-refractivity contribution is 7.12. The van der Waals surface area contributed by atoms with Crippen molar-refractivity contribution in [1.29, 1.82) is 0 Å². The molecule has 0 radical (unpaired) electrons. The summed E-state index contributed by atoms with van der Waals surface area (Å²) in [6.45, 7) is 1.61. The summed E-state index contributed by atoms with van der Waals surface area (Å²) in [4.78, 5) is 15.1. The van der Waals surface area contributed by atoms with Gasteiger partial charge in [-0.1, -0.05) is 30.3 Å². The molecular weight excluding hydrogens is 400 g/mol. The molecular formula is C20H25ClN2O4S. The molecule has 3 heterocycles. The van der Waals surface area contributed by atoms with Gasteiger partial charge in [0.15, 0.2) is 0 Å². The minimum absolute atomic E-state index is 0. The first-order valence-corrected chi connectivity index (χ1v) is 10.1. The average molecular weight is 425 g/mol. The molecule has 1 aromatic carbocycles. The van der Waals surface area contributed by atoms with Crippen molar-refractivity contribution >= 4 is 29.7 Å². The summed E-state index contributed by atoms with van der Waals surface area (Å²) in [6.07, 6.45) is -0.872.